The summed E-state index contributed by atoms with van der Waals surface area (Å²) in [5, 5.41) is 15.2. The molecule has 1 amide bonds. The molecule has 0 aliphatic heterocycles. The van der Waals surface area contributed by atoms with E-state index in [4.69, 9.17) is 35.4 Å². The van der Waals surface area contributed by atoms with E-state index in [1.54, 1.807) is 30.3 Å². The second-order valence-corrected chi connectivity index (χ2v) is 9.14. The summed E-state index contributed by atoms with van der Waals surface area (Å²) in [5.41, 5.74) is 0.495. The van der Waals surface area contributed by atoms with Gasteiger partial charge in [0.05, 0.1) is 16.2 Å². The van der Waals surface area contributed by atoms with Gasteiger partial charge in [0.1, 0.15) is 11.0 Å². The fourth-order valence-corrected chi connectivity index (χ4v) is 4.55. The first-order valence-corrected chi connectivity index (χ1v) is 11.6. The highest BCUT2D eigenvalue weighted by molar-refractivity contribution is 7.80. The molecule has 0 saturated carbocycles. The zero-order valence-corrected chi connectivity index (χ0v) is 20.8. The predicted molar refractivity (Wildman–Crippen MR) is 137 cm³/mol. The molecule has 2 aromatic carbocycles. The average molecular weight is 555 g/mol. The van der Waals surface area contributed by atoms with Gasteiger partial charge in [-0.15, -0.1) is 0 Å². The maximum Gasteiger partial charge on any atom is 0.417 e. The van der Waals surface area contributed by atoms with Crippen molar-refractivity contribution in [2.45, 2.75) is 25.1 Å². The third kappa shape index (κ3) is 6.75. The van der Waals surface area contributed by atoms with Crippen LogP contribution in [-0.4, -0.2) is 28.0 Å². The highest BCUT2D eigenvalue weighted by Gasteiger charge is 2.34. The van der Waals surface area contributed by atoms with Crippen molar-refractivity contribution in [3.8, 4) is 0 Å². The molecule has 1 atom stereocenters. The van der Waals surface area contributed by atoms with Crippen molar-refractivity contribution in [3.05, 3.63) is 99.1 Å². The van der Waals surface area contributed by atoms with E-state index in [0.717, 1.165) is 6.07 Å². The number of alkyl halides is 3. The summed E-state index contributed by atoms with van der Waals surface area (Å²) < 4.78 is 39.9. The zero-order chi connectivity index (χ0) is 26.6. The van der Waals surface area contributed by atoms with Crippen molar-refractivity contribution >= 4 is 58.0 Å². The van der Waals surface area contributed by atoms with Gasteiger partial charge in [-0.25, -0.2) is 4.79 Å². The van der Waals surface area contributed by atoms with Crippen LogP contribution >= 0.6 is 35.4 Å². The van der Waals surface area contributed by atoms with Gasteiger partial charge in [0.15, 0.2) is 0 Å². The second kappa shape index (κ2) is 11.3. The Balaban J connectivity index is 1.70. The number of hydrogen-bond acceptors (Lipinski definition) is 3. The summed E-state index contributed by atoms with van der Waals surface area (Å²) in [6, 6.07) is 9.64. The standard InChI is InChI=1S/C25H19Cl2F3N2O3S/c1-13-10-18(26)21(19(27)11-13)22(33)31-15-8-6-14(7-9-15)12-20(24(34)35)32-23(36)16-4-2-3-5-17(16)25(28,29)30/h2-10,20H,1,11-12H2,(H,31,33)(H,32,36)(H,34,35). The Morgan fingerprint density at radius 3 is 2.33 bits per heavy atom. The van der Waals surface area contributed by atoms with Crippen molar-refractivity contribution in [3.63, 3.8) is 0 Å². The Morgan fingerprint density at radius 1 is 1.11 bits per heavy atom. The normalized spacial score (nSPS) is 14.7. The number of benzene rings is 2. The molecule has 36 heavy (non-hydrogen) atoms. The summed E-state index contributed by atoms with van der Waals surface area (Å²) in [6.07, 6.45) is -2.86. The van der Waals surface area contributed by atoms with Crippen molar-refractivity contribution < 1.29 is 27.9 Å². The number of carboxylic acid groups (broad SMARTS) is 1. The number of nitrogens with one attached hydrogen (secondary N) is 2. The number of anilines is 1. The highest BCUT2D eigenvalue weighted by atomic mass is 35.5. The van der Waals surface area contributed by atoms with Crippen molar-refractivity contribution in [1.82, 2.24) is 5.32 Å². The number of rotatable bonds is 7. The second-order valence-electron chi connectivity index (χ2n) is 7.87. The van der Waals surface area contributed by atoms with E-state index >= 15 is 0 Å². The fraction of sp³-hybridized carbons (Fsp3) is 0.160. The number of halogens is 5. The molecule has 0 bridgehead atoms. The minimum Gasteiger partial charge on any atom is -0.480 e. The van der Waals surface area contributed by atoms with Crippen LogP contribution in [0.3, 0.4) is 0 Å². The Kier molecular flexibility index (Phi) is 8.60. The third-order valence-electron chi connectivity index (χ3n) is 5.18. The Labute approximate surface area is 220 Å². The summed E-state index contributed by atoms with van der Waals surface area (Å²) in [6.45, 7) is 3.77. The van der Waals surface area contributed by atoms with Gasteiger partial charge in [-0.05, 0) is 35.4 Å². The van der Waals surface area contributed by atoms with E-state index in [-0.39, 0.29) is 32.6 Å². The molecule has 0 radical (unpaired) electrons. The molecule has 3 rings (SSSR count). The molecule has 0 heterocycles. The number of hydrogen-bond donors (Lipinski definition) is 3. The Morgan fingerprint density at radius 2 is 1.75 bits per heavy atom. The predicted octanol–water partition coefficient (Wildman–Crippen LogP) is 6.18. The van der Waals surface area contributed by atoms with Crippen LogP contribution in [0.1, 0.15) is 23.1 Å². The lowest BCUT2D eigenvalue weighted by Gasteiger charge is -2.19. The summed E-state index contributed by atoms with van der Waals surface area (Å²) in [4.78, 5) is 24.1. The maximum atomic E-state index is 13.3. The molecule has 0 spiro atoms. The molecular formula is C25H19Cl2F3N2O3S. The monoisotopic (exact) mass is 554 g/mol. The first-order valence-electron chi connectivity index (χ1n) is 10.4. The number of carboxylic acids is 1. The average Bonchev–Trinajstić information content (AvgIpc) is 2.78. The maximum absolute atomic E-state index is 13.3. The molecule has 5 nitrogen and oxygen atoms in total. The van der Waals surface area contributed by atoms with Gasteiger partial charge in [0.25, 0.3) is 5.91 Å². The van der Waals surface area contributed by atoms with E-state index in [2.05, 4.69) is 17.2 Å². The van der Waals surface area contributed by atoms with Gasteiger partial charge < -0.3 is 15.7 Å². The molecule has 0 saturated heterocycles. The summed E-state index contributed by atoms with van der Waals surface area (Å²) >= 11 is 17.4. The van der Waals surface area contributed by atoms with Gasteiger partial charge in [-0.2, -0.15) is 13.2 Å². The first kappa shape index (κ1) is 27.4. The lowest BCUT2D eigenvalue weighted by molar-refractivity contribution is -0.139. The largest absolute Gasteiger partial charge is 0.480 e. The SMILES string of the molecule is C=C1C=C(Cl)C(C(=O)Nc2ccc(CC(NC(=S)c3ccccc3C(F)(F)F)C(=O)O)cc2)=C(Cl)C1. The van der Waals surface area contributed by atoms with Crippen molar-refractivity contribution in [2.75, 3.05) is 5.32 Å². The number of aliphatic carboxylic acids is 1. The van der Waals surface area contributed by atoms with Crippen LogP contribution in [0.25, 0.3) is 0 Å². The van der Waals surface area contributed by atoms with Gasteiger partial charge >= 0.3 is 12.1 Å². The van der Waals surface area contributed by atoms with Crippen molar-refractivity contribution in [2.24, 2.45) is 0 Å². The van der Waals surface area contributed by atoms with Crippen LogP contribution in [0.4, 0.5) is 18.9 Å². The highest BCUT2D eigenvalue weighted by Crippen LogP contribution is 2.34. The quantitative estimate of drug-likeness (QED) is 0.356. The Bertz CT molecular complexity index is 1290. The number of thiocarbonyl (C=S) groups is 1. The van der Waals surface area contributed by atoms with Gasteiger partial charge in [0, 0.05) is 29.1 Å². The van der Waals surface area contributed by atoms with E-state index < -0.39 is 29.7 Å². The van der Waals surface area contributed by atoms with E-state index in [1.165, 1.54) is 18.2 Å². The van der Waals surface area contributed by atoms with Crippen molar-refractivity contribution in [1.29, 1.82) is 0 Å². The number of carbonyl (C=O) groups excluding carboxylic acids is 1. The molecule has 11 heteroatoms. The number of amides is 1. The van der Waals surface area contributed by atoms with E-state index in [1.807, 2.05) is 0 Å². The van der Waals surface area contributed by atoms with Crippen LogP contribution in [0.2, 0.25) is 0 Å². The van der Waals surface area contributed by atoms with Crippen LogP contribution in [0, 0.1) is 0 Å². The van der Waals surface area contributed by atoms with Crippen LogP contribution in [0.5, 0.6) is 0 Å². The van der Waals surface area contributed by atoms with Crippen LogP contribution in [-0.2, 0) is 22.2 Å². The lowest BCUT2D eigenvalue weighted by Crippen LogP contribution is -2.42. The molecule has 0 aromatic heterocycles. The van der Waals surface area contributed by atoms with Crippen LogP contribution < -0.4 is 10.6 Å². The number of allylic oxidation sites excluding steroid dienone is 3. The molecule has 0 fully saturated rings. The van der Waals surface area contributed by atoms with Crippen LogP contribution in [0.15, 0.2) is 82.4 Å². The minimum atomic E-state index is -4.65. The topological polar surface area (TPSA) is 78.4 Å². The smallest absolute Gasteiger partial charge is 0.417 e. The van der Waals surface area contributed by atoms with E-state index in [9.17, 15) is 27.9 Å². The Hall–Kier alpha value is -3.14. The minimum absolute atomic E-state index is 0.0778. The summed E-state index contributed by atoms with van der Waals surface area (Å²) in [7, 11) is 0. The summed E-state index contributed by atoms with van der Waals surface area (Å²) in [5.74, 6) is -1.80. The van der Waals surface area contributed by atoms with Gasteiger partial charge in [0.2, 0.25) is 0 Å². The fourth-order valence-electron chi connectivity index (χ4n) is 3.47. The molecule has 1 aliphatic carbocycles. The van der Waals surface area contributed by atoms with Gasteiger partial charge in [-0.3, -0.25) is 4.79 Å². The first-order chi connectivity index (χ1) is 16.9. The molecule has 2 aromatic rings. The molecule has 3 N–H and O–H groups in total. The molecular weight excluding hydrogens is 536 g/mol. The van der Waals surface area contributed by atoms with Gasteiger partial charge in [-0.1, -0.05) is 72.3 Å². The lowest BCUT2D eigenvalue weighted by atomic mass is 10.0. The molecule has 1 unspecified atom stereocenters. The zero-order valence-electron chi connectivity index (χ0n) is 18.5. The third-order valence-corrected chi connectivity index (χ3v) is 6.14. The molecule has 188 valence electrons. The van der Waals surface area contributed by atoms with E-state index in [0.29, 0.717) is 23.2 Å². The molecule has 1 aliphatic rings. The number of carbonyl (C=O) groups is 2.